The van der Waals surface area contributed by atoms with Crippen molar-refractivity contribution in [2.75, 3.05) is 5.32 Å². The van der Waals surface area contributed by atoms with Crippen LogP contribution in [-0.4, -0.2) is 21.7 Å². The predicted octanol–water partition coefficient (Wildman–Crippen LogP) is 4.54. The zero-order valence-corrected chi connectivity index (χ0v) is 15.4. The Hall–Kier alpha value is -3.12. The number of carbonyl (C=O) groups is 2. The van der Waals surface area contributed by atoms with Crippen molar-refractivity contribution in [2.24, 2.45) is 0 Å². The zero-order chi connectivity index (χ0) is 19.2. The summed E-state index contributed by atoms with van der Waals surface area (Å²) in [7, 11) is 0. The molecule has 3 rings (SSSR count). The molecule has 0 spiro atoms. The van der Waals surface area contributed by atoms with E-state index in [9.17, 15) is 9.59 Å². The first-order chi connectivity index (χ1) is 13.0. The van der Waals surface area contributed by atoms with Gasteiger partial charge in [-0.05, 0) is 24.6 Å². The monoisotopic (exact) mass is 383 g/mol. The Bertz CT molecular complexity index is 968. The third-order valence-electron chi connectivity index (χ3n) is 3.87. The molecule has 1 heterocycles. The molecule has 2 aromatic carbocycles. The van der Waals surface area contributed by atoms with Crippen molar-refractivity contribution in [3.63, 3.8) is 0 Å². The normalized spacial score (nSPS) is 10.4. The van der Waals surface area contributed by atoms with Crippen molar-refractivity contribution in [1.29, 1.82) is 0 Å². The van der Waals surface area contributed by atoms with Gasteiger partial charge in [0.05, 0.1) is 18.4 Å². The summed E-state index contributed by atoms with van der Waals surface area (Å²) >= 11 is 6.03. The fraction of sp³-hybridized carbons (Fsp3) is 0.150. The van der Waals surface area contributed by atoms with E-state index in [2.05, 4.69) is 10.4 Å². The summed E-state index contributed by atoms with van der Waals surface area (Å²) in [6.07, 6.45) is 2.64. The van der Waals surface area contributed by atoms with Crippen LogP contribution >= 0.6 is 11.6 Å². The molecule has 3 aromatic rings. The summed E-state index contributed by atoms with van der Waals surface area (Å²) < 4.78 is 6.84. The molecular weight excluding hydrogens is 366 g/mol. The summed E-state index contributed by atoms with van der Waals surface area (Å²) in [5.74, 6) is 0.0148. The number of anilines is 1. The minimum atomic E-state index is -0.590. The molecule has 1 amide bonds. The van der Waals surface area contributed by atoms with E-state index >= 15 is 0 Å². The van der Waals surface area contributed by atoms with E-state index in [0.29, 0.717) is 22.8 Å². The number of halogens is 1. The van der Waals surface area contributed by atoms with Crippen LogP contribution in [0, 0.1) is 0 Å². The molecule has 0 saturated carbocycles. The number of aromatic nitrogens is 2. The molecule has 0 aliphatic heterocycles. The van der Waals surface area contributed by atoms with Gasteiger partial charge in [0.1, 0.15) is 6.61 Å². The van der Waals surface area contributed by atoms with Crippen LogP contribution in [0.4, 0.5) is 10.5 Å². The SMILES string of the molecule is CC(=O)c1cccc(Cn2cc(NC(=O)OCc3ccccc3Cl)cn2)c1. The Labute approximate surface area is 161 Å². The van der Waals surface area contributed by atoms with E-state index in [4.69, 9.17) is 16.3 Å². The molecule has 0 saturated heterocycles. The van der Waals surface area contributed by atoms with Gasteiger partial charge in [-0.3, -0.25) is 14.8 Å². The van der Waals surface area contributed by atoms with E-state index in [1.54, 1.807) is 29.1 Å². The second-order valence-electron chi connectivity index (χ2n) is 5.98. The van der Waals surface area contributed by atoms with Gasteiger partial charge in [0, 0.05) is 22.3 Å². The number of rotatable bonds is 6. The second kappa shape index (κ2) is 8.51. The Morgan fingerprint density at radius 1 is 1.19 bits per heavy atom. The zero-order valence-electron chi connectivity index (χ0n) is 14.7. The topological polar surface area (TPSA) is 73.2 Å². The van der Waals surface area contributed by atoms with E-state index in [0.717, 1.165) is 11.1 Å². The number of carbonyl (C=O) groups excluding carboxylic acids is 2. The average molecular weight is 384 g/mol. The highest BCUT2D eigenvalue weighted by atomic mass is 35.5. The van der Waals surface area contributed by atoms with Crippen molar-refractivity contribution in [3.8, 4) is 0 Å². The van der Waals surface area contributed by atoms with Crippen LogP contribution in [0.25, 0.3) is 0 Å². The number of nitrogens with zero attached hydrogens (tertiary/aromatic N) is 2. The second-order valence-corrected chi connectivity index (χ2v) is 6.38. The van der Waals surface area contributed by atoms with Gasteiger partial charge in [-0.25, -0.2) is 4.79 Å². The Morgan fingerprint density at radius 2 is 2.00 bits per heavy atom. The smallest absolute Gasteiger partial charge is 0.412 e. The number of ketones is 1. The number of hydrogen-bond acceptors (Lipinski definition) is 4. The highest BCUT2D eigenvalue weighted by Crippen LogP contribution is 2.16. The summed E-state index contributed by atoms with van der Waals surface area (Å²) in [6.45, 7) is 2.10. The third-order valence-corrected chi connectivity index (χ3v) is 4.24. The lowest BCUT2D eigenvalue weighted by atomic mass is 10.1. The van der Waals surface area contributed by atoms with E-state index in [1.807, 2.05) is 30.3 Å². The number of amides is 1. The van der Waals surface area contributed by atoms with Gasteiger partial charge in [0.2, 0.25) is 0 Å². The molecule has 0 atom stereocenters. The Morgan fingerprint density at radius 3 is 2.78 bits per heavy atom. The van der Waals surface area contributed by atoms with Crippen LogP contribution in [0.3, 0.4) is 0 Å². The number of benzene rings is 2. The summed E-state index contributed by atoms with van der Waals surface area (Å²) in [6, 6.07) is 14.5. The molecule has 1 N–H and O–H groups in total. The fourth-order valence-electron chi connectivity index (χ4n) is 2.50. The van der Waals surface area contributed by atoms with Crippen molar-refractivity contribution >= 4 is 29.2 Å². The Balaban J connectivity index is 1.56. The molecule has 0 unspecified atom stereocenters. The molecule has 1 aromatic heterocycles. The molecule has 0 radical (unpaired) electrons. The molecule has 7 heteroatoms. The van der Waals surface area contributed by atoms with Crippen molar-refractivity contribution < 1.29 is 14.3 Å². The van der Waals surface area contributed by atoms with Gasteiger partial charge in [0.15, 0.2) is 5.78 Å². The first-order valence-corrected chi connectivity index (χ1v) is 8.68. The molecule has 138 valence electrons. The fourth-order valence-corrected chi connectivity index (χ4v) is 2.69. The van der Waals surface area contributed by atoms with Gasteiger partial charge in [-0.15, -0.1) is 0 Å². The highest BCUT2D eigenvalue weighted by molar-refractivity contribution is 6.31. The van der Waals surface area contributed by atoms with Gasteiger partial charge >= 0.3 is 6.09 Å². The van der Waals surface area contributed by atoms with Crippen LogP contribution < -0.4 is 5.32 Å². The number of Topliss-reactive ketones (excluding diaryl/α,β-unsaturated/α-hetero) is 1. The molecule has 0 bridgehead atoms. The lowest BCUT2D eigenvalue weighted by molar-refractivity contribution is 0.101. The number of hydrogen-bond donors (Lipinski definition) is 1. The summed E-state index contributed by atoms with van der Waals surface area (Å²) in [5.41, 5.74) is 2.84. The molecule has 0 aliphatic rings. The lowest BCUT2D eigenvalue weighted by Crippen LogP contribution is -2.13. The largest absolute Gasteiger partial charge is 0.444 e. The van der Waals surface area contributed by atoms with Crippen LogP contribution in [-0.2, 0) is 17.9 Å². The molecule has 27 heavy (non-hydrogen) atoms. The van der Waals surface area contributed by atoms with Gasteiger partial charge in [0.25, 0.3) is 0 Å². The van der Waals surface area contributed by atoms with E-state index in [1.165, 1.54) is 13.1 Å². The average Bonchev–Trinajstić information content (AvgIpc) is 3.08. The number of ether oxygens (including phenoxy) is 1. The van der Waals surface area contributed by atoms with Crippen LogP contribution in [0.5, 0.6) is 0 Å². The van der Waals surface area contributed by atoms with Gasteiger partial charge in [-0.1, -0.05) is 48.0 Å². The molecule has 0 aliphatic carbocycles. The van der Waals surface area contributed by atoms with Gasteiger partial charge < -0.3 is 4.74 Å². The quantitative estimate of drug-likeness (QED) is 0.634. The van der Waals surface area contributed by atoms with Crippen LogP contribution in [0.1, 0.15) is 28.4 Å². The Kier molecular flexibility index (Phi) is 5.88. The third kappa shape index (κ3) is 5.18. The maximum atomic E-state index is 11.9. The maximum absolute atomic E-state index is 11.9. The lowest BCUT2D eigenvalue weighted by Gasteiger charge is -2.07. The van der Waals surface area contributed by atoms with Gasteiger partial charge in [-0.2, -0.15) is 5.10 Å². The predicted molar refractivity (Wildman–Crippen MR) is 103 cm³/mol. The van der Waals surface area contributed by atoms with Crippen LogP contribution in [0.2, 0.25) is 5.02 Å². The van der Waals surface area contributed by atoms with Crippen molar-refractivity contribution in [1.82, 2.24) is 9.78 Å². The minimum absolute atomic E-state index is 0.0148. The summed E-state index contributed by atoms with van der Waals surface area (Å²) in [5, 5.41) is 7.38. The van der Waals surface area contributed by atoms with Crippen molar-refractivity contribution in [2.45, 2.75) is 20.1 Å². The molecule has 6 nitrogen and oxygen atoms in total. The highest BCUT2D eigenvalue weighted by Gasteiger charge is 2.08. The maximum Gasteiger partial charge on any atom is 0.412 e. The van der Waals surface area contributed by atoms with E-state index < -0.39 is 6.09 Å². The minimum Gasteiger partial charge on any atom is -0.444 e. The van der Waals surface area contributed by atoms with Crippen molar-refractivity contribution in [3.05, 3.63) is 82.6 Å². The summed E-state index contributed by atoms with van der Waals surface area (Å²) in [4.78, 5) is 23.4. The van der Waals surface area contributed by atoms with Crippen LogP contribution in [0.15, 0.2) is 60.9 Å². The molecular formula is C20H18ClN3O3. The first kappa shape index (κ1) is 18.7. The molecule has 0 fully saturated rings. The van der Waals surface area contributed by atoms with E-state index in [-0.39, 0.29) is 12.4 Å². The standard InChI is InChI=1S/C20H18ClN3O3/c1-14(25)16-7-4-5-15(9-16)11-24-12-18(10-22-24)23-20(26)27-13-17-6-2-3-8-19(17)21/h2-10,12H,11,13H2,1H3,(H,23,26). The first-order valence-electron chi connectivity index (χ1n) is 8.31. The number of nitrogens with one attached hydrogen (secondary N) is 1.